The van der Waals surface area contributed by atoms with Crippen LogP contribution in [0, 0.1) is 17.0 Å². The Balaban J connectivity index is 1.91. The first-order valence-electron chi connectivity index (χ1n) is 8.68. The van der Waals surface area contributed by atoms with E-state index in [0.29, 0.717) is 18.4 Å². The summed E-state index contributed by atoms with van der Waals surface area (Å²) in [5.74, 6) is -1.31. The number of halogens is 2. The summed E-state index contributed by atoms with van der Waals surface area (Å²) in [7, 11) is 0. The molecule has 1 aliphatic carbocycles. The van der Waals surface area contributed by atoms with Crippen molar-refractivity contribution >= 4 is 17.2 Å². The molecular formula is C21H20F2N2O. The minimum atomic E-state index is -0.662. The van der Waals surface area contributed by atoms with Crippen molar-refractivity contribution in [3.63, 3.8) is 0 Å². The van der Waals surface area contributed by atoms with Gasteiger partial charge < -0.3 is 10.6 Å². The number of allylic oxidation sites excluding steroid dienone is 1. The number of para-hydroxylation sites is 2. The van der Waals surface area contributed by atoms with E-state index in [4.69, 9.17) is 0 Å². The SMILES string of the molecule is CC1(C)CC(=O)C2=C(C1)Nc1ccccc1N[C@@H]2c1ccc(F)cc1F. The van der Waals surface area contributed by atoms with E-state index in [0.717, 1.165) is 23.1 Å². The highest BCUT2D eigenvalue weighted by atomic mass is 19.1. The first kappa shape index (κ1) is 16.8. The lowest BCUT2D eigenvalue weighted by Gasteiger charge is -2.34. The van der Waals surface area contributed by atoms with Crippen molar-refractivity contribution in [2.75, 3.05) is 10.6 Å². The molecule has 2 aromatic carbocycles. The second-order valence-electron chi connectivity index (χ2n) is 7.75. The van der Waals surface area contributed by atoms with Crippen LogP contribution in [-0.2, 0) is 4.79 Å². The quantitative estimate of drug-likeness (QED) is 0.741. The number of ketones is 1. The van der Waals surface area contributed by atoms with E-state index in [2.05, 4.69) is 10.6 Å². The van der Waals surface area contributed by atoms with Crippen LogP contribution in [0.15, 0.2) is 53.7 Å². The van der Waals surface area contributed by atoms with Crippen LogP contribution in [-0.4, -0.2) is 5.78 Å². The van der Waals surface area contributed by atoms with E-state index in [-0.39, 0.29) is 16.8 Å². The highest BCUT2D eigenvalue weighted by Crippen LogP contribution is 2.45. The Morgan fingerprint density at radius 1 is 1.04 bits per heavy atom. The number of hydrogen-bond acceptors (Lipinski definition) is 3. The molecule has 0 amide bonds. The number of benzene rings is 2. The van der Waals surface area contributed by atoms with Gasteiger partial charge in [0, 0.05) is 29.3 Å². The second-order valence-corrected chi connectivity index (χ2v) is 7.75. The first-order valence-corrected chi connectivity index (χ1v) is 8.68. The highest BCUT2D eigenvalue weighted by molar-refractivity contribution is 6.01. The van der Waals surface area contributed by atoms with Crippen molar-refractivity contribution in [3.05, 3.63) is 70.9 Å². The van der Waals surface area contributed by atoms with Gasteiger partial charge in [0.25, 0.3) is 0 Å². The average Bonchev–Trinajstić information content (AvgIpc) is 2.69. The molecule has 2 aliphatic rings. The van der Waals surface area contributed by atoms with Gasteiger partial charge in [0.15, 0.2) is 5.78 Å². The number of Topliss-reactive ketones (excluding diaryl/α,β-unsaturated/α-hetero) is 1. The molecule has 2 N–H and O–H groups in total. The molecule has 5 heteroatoms. The molecule has 0 fully saturated rings. The number of nitrogens with one attached hydrogen (secondary N) is 2. The highest BCUT2D eigenvalue weighted by Gasteiger charge is 2.39. The monoisotopic (exact) mass is 354 g/mol. The number of anilines is 2. The molecular weight excluding hydrogens is 334 g/mol. The molecule has 0 aromatic heterocycles. The maximum atomic E-state index is 14.5. The van der Waals surface area contributed by atoms with Gasteiger partial charge in [0.1, 0.15) is 11.6 Å². The van der Waals surface area contributed by atoms with Crippen LogP contribution in [0.5, 0.6) is 0 Å². The number of carbonyl (C=O) groups excluding carboxylic acids is 1. The van der Waals surface area contributed by atoms with Crippen LogP contribution in [0.2, 0.25) is 0 Å². The summed E-state index contributed by atoms with van der Waals surface area (Å²) in [4.78, 5) is 13.0. The van der Waals surface area contributed by atoms with Gasteiger partial charge in [-0.2, -0.15) is 0 Å². The zero-order valence-electron chi connectivity index (χ0n) is 14.7. The lowest BCUT2D eigenvalue weighted by Crippen LogP contribution is -2.31. The number of fused-ring (bicyclic) bond motifs is 1. The van der Waals surface area contributed by atoms with Crippen molar-refractivity contribution in [1.82, 2.24) is 0 Å². The van der Waals surface area contributed by atoms with Crippen LogP contribution in [0.1, 0.15) is 38.3 Å². The molecule has 2 aromatic rings. The smallest absolute Gasteiger partial charge is 0.163 e. The third-order valence-corrected chi connectivity index (χ3v) is 4.99. The summed E-state index contributed by atoms with van der Waals surface area (Å²) in [6.07, 6.45) is 1.08. The maximum absolute atomic E-state index is 14.5. The van der Waals surface area contributed by atoms with Crippen LogP contribution < -0.4 is 10.6 Å². The number of rotatable bonds is 1. The van der Waals surface area contributed by atoms with Gasteiger partial charge in [0.2, 0.25) is 0 Å². The Labute approximate surface area is 151 Å². The third-order valence-electron chi connectivity index (χ3n) is 4.99. The van der Waals surface area contributed by atoms with Crippen LogP contribution in [0.3, 0.4) is 0 Å². The maximum Gasteiger partial charge on any atom is 0.163 e. The summed E-state index contributed by atoms with van der Waals surface area (Å²) in [6.45, 7) is 4.10. The molecule has 4 rings (SSSR count). The Morgan fingerprint density at radius 3 is 2.50 bits per heavy atom. The van der Waals surface area contributed by atoms with E-state index in [1.807, 2.05) is 38.1 Å². The molecule has 1 aliphatic heterocycles. The molecule has 134 valence electrons. The van der Waals surface area contributed by atoms with Crippen LogP contribution in [0.4, 0.5) is 20.2 Å². The van der Waals surface area contributed by atoms with Crippen molar-refractivity contribution in [1.29, 1.82) is 0 Å². The average molecular weight is 354 g/mol. The van der Waals surface area contributed by atoms with E-state index in [9.17, 15) is 13.6 Å². The molecule has 0 saturated heterocycles. The van der Waals surface area contributed by atoms with Gasteiger partial charge in [-0.3, -0.25) is 4.79 Å². The van der Waals surface area contributed by atoms with E-state index in [1.54, 1.807) is 0 Å². The molecule has 3 nitrogen and oxygen atoms in total. The molecule has 0 saturated carbocycles. The molecule has 0 radical (unpaired) electrons. The zero-order valence-corrected chi connectivity index (χ0v) is 14.7. The zero-order chi connectivity index (χ0) is 18.5. The minimum absolute atomic E-state index is 0.0159. The van der Waals surface area contributed by atoms with Gasteiger partial charge in [0.05, 0.1) is 17.4 Å². The fourth-order valence-corrected chi connectivity index (χ4v) is 3.86. The standard InChI is InChI=1S/C21H20F2N2O/c1-21(2)10-17-19(18(26)11-21)20(13-8-7-12(22)9-14(13)23)25-16-6-4-3-5-15(16)24-17/h3-9,20,24-25H,10-11H2,1-2H3/t20-/m1/s1. The summed E-state index contributed by atoms with van der Waals surface area (Å²) in [5.41, 5.74) is 3.05. The Bertz CT molecular complexity index is 933. The van der Waals surface area contributed by atoms with Crippen molar-refractivity contribution in [3.8, 4) is 0 Å². The normalized spacial score (nSPS) is 21.2. The minimum Gasteiger partial charge on any atom is -0.372 e. The van der Waals surface area contributed by atoms with Gasteiger partial charge in [-0.1, -0.05) is 32.0 Å². The van der Waals surface area contributed by atoms with Crippen molar-refractivity contribution in [2.45, 2.75) is 32.7 Å². The molecule has 1 atom stereocenters. The van der Waals surface area contributed by atoms with Gasteiger partial charge in [-0.15, -0.1) is 0 Å². The Morgan fingerprint density at radius 2 is 1.77 bits per heavy atom. The first-order chi connectivity index (χ1) is 12.3. The topological polar surface area (TPSA) is 41.1 Å². The molecule has 1 heterocycles. The third kappa shape index (κ3) is 2.87. The summed E-state index contributed by atoms with van der Waals surface area (Å²) >= 11 is 0. The fourth-order valence-electron chi connectivity index (χ4n) is 3.86. The van der Waals surface area contributed by atoms with E-state index < -0.39 is 17.7 Å². The van der Waals surface area contributed by atoms with E-state index in [1.165, 1.54) is 12.1 Å². The van der Waals surface area contributed by atoms with Crippen molar-refractivity contribution < 1.29 is 13.6 Å². The van der Waals surface area contributed by atoms with Gasteiger partial charge in [-0.05, 0) is 30.0 Å². The summed E-state index contributed by atoms with van der Waals surface area (Å²) in [5, 5.41) is 6.67. The van der Waals surface area contributed by atoms with E-state index >= 15 is 0 Å². The van der Waals surface area contributed by atoms with Crippen LogP contribution >= 0.6 is 0 Å². The van der Waals surface area contributed by atoms with Gasteiger partial charge >= 0.3 is 0 Å². The number of hydrogen-bond donors (Lipinski definition) is 2. The Kier molecular flexibility index (Phi) is 3.83. The van der Waals surface area contributed by atoms with Crippen LogP contribution in [0.25, 0.3) is 0 Å². The predicted molar refractivity (Wildman–Crippen MR) is 97.8 cm³/mol. The second kappa shape index (κ2) is 5.94. The molecule has 0 bridgehead atoms. The molecule has 0 unspecified atom stereocenters. The largest absolute Gasteiger partial charge is 0.372 e. The van der Waals surface area contributed by atoms with Crippen molar-refractivity contribution in [2.24, 2.45) is 5.41 Å². The lowest BCUT2D eigenvalue weighted by molar-refractivity contribution is -0.118. The summed E-state index contributed by atoms with van der Waals surface area (Å²) < 4.78 is 27.9. The Hall–Kier alpha value is -2.69. The molecule has 26 heavy (non-hydrogen) atoms. The lowest BCUT2D eigenvalue weighted by atomic mass is 9.73. The van der Waals surface area contributed by atoms with Gasteiger partial charge in [-0.25, -0.2) is 8.78 Å². The summed E-state index contributed by atoms with van der Waals surface area (Å²) in [6, 6.07) is 10.4. The predicted octanol–water partition coefficient (Wildman–Crippen LogP) is 5.19. The molecule has 0 spiro atoms. The fraction of sp³-hybridized carbons (Fsp3) is 0.286. The number of carbonyl (C=O) groups is 1.